The molecule has 0 aliphatic heterocycles. The van der Waals surface area contributed by atoms with E-state index >= 15 is 0 Å². The average molecular weight is 358 g/mol. The first-order valence-electron chi connectivity index (χ1n) is 7.56. The van der Waals surface area contributed by atoms with Crippen molar-refractivity contribution in [1.82, 2.24) is 15.3 Å². The number of thiazole rings is 1. The molecule has 1 N–H and O–H groups in total. The van der Waals surface area contributed by atoms with E-state index in [0.29, 0.717) is 24.4 Å². The van der Waals surface area contributed by atoms with Crippen molar-refractivity contribution in [3.05, 3.63) is 70.5 Å². The standard InChI is InChI=1S/C18H16ClN3OS/c19-15-3-1-13(2-4-15)11-17(23)21-10-7-16-12-24-18(22-16)14-5-8-20-9-6-14/h1-6,8-9,12H,7,10-11H2,(H,21,23). The van der Waals surface area contributed by atoms with Crippen LogP contribution in [0.1, 0.15) is 11.3 Å². The zero-order chi connectivity index (χ0) is 16.8. The number of benzene rings is 1. The summed E-state index contributed by atoms with van der Waals surface area (Å²) in [4.78, 5) is 20.5. The second-order valence-corrected chi connectivity index (χ2v) is 6.58. The fourth-order valence-electron chi connectivity index (χ4n) is 2.23. The monoisotopic (exact) mass is 357 g/mol. The highest BCUT2D eigenvalue weighted by Crippen LogP contribution is 2.22. The summed E-state index contributed by atoms with van der Waals surface area (Å²) in [6, 6.07) is 11.2. The molecule has 0 saturated heterocycles. The van der Waals surface area contributed by atoms with Crippen molar-refractivity contribution in [2.45, 2.75) is 12.8 Å². The van der Waals surface area contributed by atoms with Gasteiger partial charge in [0.25, 0.3) is 0 Å². The predicted octanol–water partition coefficient (Wildman–Crippen LogP) is 3.76. The Morgan fingerprint density at radius 3 is 2.62 bits per heavy atom. The van der Waals surface area contributed by atoms with Gasteiger partial charge in [-0.25, -0.2) is 4.98 Å². The maximum atomic E-state index is 11.9. The molecule has 0 spiro atoms. The van der Waals surface area contributed by atoms with Crippen LogP contribution in [0.5, 0.6) is 0 Å². The molecule has 0 aliphatic carbocycles. The smallest absolute Gasteiger partial charge is 0.224 e. The average Bonchev–Trinajstić information content (AvgIpc) is 3.07. The fraction of sp³-hybridized carbons (Fsp3) is 0.167. The topological polar surface area (TPSA) is 54.9 Å². The first-order chi connectivity index (χ1) is 11.7. The lowest BCUT2D eigenvalue weighted by atomic mass is 10.1. The lowest BCUT2D eigenvalue weighted by molar-refractivity contribution is -0.120. The Balaban J connectivity index is 1.47. The molecule has 0 saturated carbocycles. The molecule has 0 aliphatic rings. The number of halogens is 1. The van der Waals surface area contributed by atoms with Crippen LogP contribution in [0.15, 0.2) is 54.2 Å². The van der Waals surface area contributed by atoms with Crippen molar-refractivity contribution in [2.24, 2.45) is 0 Å². The summed E-state index contributed by atoms with van der Waals surface area (Å²) in [6.45, 7) is 0.575. The van der Waals surface area contributed by atoms with E-state index in [1.807, 2.05) is 29.6 Å². The second kappa shape index (κ2) is 8.04. The van der Waals surface area contributed by atoms with Crippen molar-refractivity contribution < 1.29 is 4.79 Å². The molecule has 24 heavy (non-hydrogen) atoms. The number of carbonyl (C=O) groups is 1. The number of amides is 1. The molecule has 0 unspecified atom stereocenters. The van der Waals surface area contributed by atoms with Crippen LogP contribution in [0.4, 0.5) is 0 Å². The molecule has 4 nitrogen and oxygen atoms in total. The summed E-state index contributed by atoms with van der Waals surface area (Å²) in [5.74, 6) is 0.00177. The van der Waals surface area contributed by atoms with E-state index in [1.165, 1.54) is 0 Å². The van der Waals surface area contributed by atoms with E-state index in [0.717, 1.165) is 21.8 Å². The first-order valence-corrected chi connectivity index (χ1v) is 8.82. The van der Waals surface area contributed by atoms with Gasteiger partial charge < -0.3 is 5.32 Å². The highest BCUT2D eigenvalue weighted by molar-refractivity contribution is 7.13. The predicted molar refractivity (Wildman–Crippen MR) is 97.2 cm³/mol. The number of nitrogens with zero attached hydrogens (tertiary/aromatic N) is 2. The third-order valence-corrected chi connectivity index (χ3v) is 4.65. The van der Waals surface area contributed by atoms with Crippen LogP contribution in [0.25, 0.3) is 10.6 Å². The summed E-state index contributed by atoms with van der Waals surface area (Å²) in [7, 11) is 0. The van der Waals surface area contributed by atoms with Gasteiger partial charge >= 0.3 is 0 Å². The van der Waals surface area contributed by atoms with Gasteiger partial charge in [-0.2, -0.15) is 0 Å². The van der Waals surface area contributed by atoms with Gasteiger partial charge in [-0.05, 0) is 29.8 Å². The molecular formula is C18H16ClN3OS. The molecule has 0 fully saturated rings. The maximum absolute atomic E-state index is 11.9. The van der Waals surface area contributed by atoms with Gasteiger partial charge in [0, 0.05) is 41.3 Å². The summed E-state index contributed by atoms with van der Waals surface area (Å²) < 4.78 is 0. The maximum Gasteiger partial charge on any atom is 0.224 e. The minimum Gasteiger partial charge on any atom is -0.355 e. The number of aromatic nitrogens is 2. The summed E-state index contributed by atoms with van der Waals surface area (Å²) in [5, 5.41) is 6.60. The summed E-state index contributed by atoms with van der Waals surface area (Å²) >= 11 is 7.44. The van der Waals surface area contributed by atoms with Crippen molar-refractivity contribution in [2.75, 3.05) is 6.54 Å². The summed E-state index contributed by atoms with van der Waals surface area (Å²) in [6.07, 6.45) is 4.59. The van der Waals surface area contributed by atoms with Crippen LogP contribution in [0, 0.1) is 0 Å². The lowest BCUT2D eigenvalue weighted by Gasteiger charge is -2.04. The molecule has 1 aromatic carbocycles. The van der Waals surface area contributed by atoms with Gasteiger partial charge in [-0.3, -0.25) is 9.78 Å². The third-order valence-electron chi connectivity index (χ3n) is 3.46. The van der Waals surface area contributed by atoms with Gasteiger partial charge in [-0.15, -0.1) is 11.3 Å². The van der Waals surface area contributed by atoms with Crippen LogP contribution in [0.3, 0.4) is 0 Å². The van der Waals surface area contributed by atoms with E-state index in [-0.39, 0.29) is 5.91 Å². The number of pyridine rings is 1. The minimum atomic E-state index is 0.00177. The second-order valence-electron chi connectivity index (χ2n) is 5.28. The third kappa shape index (κ3) is 4.63. The van der Waals surface area contributed by atoms with Gasteiger partial charge in [-0.1, -0.05) is 23.7 Å². The zero-order valence-electron chi connectivity index (χ0n) is 12.9. The summed E-state index contributed by atoms with van der Waals surface area (Å²) in [5.41, 5.74) is 3.00. The van der Waals surface area contributed by atoms with E-state index < -0.39 is 0 Å². The molecule has 2 aromatic heterocycles. The SMILES string of the molecule is O=C(Cc1ccc(Cl)cc1)NCCc1csc(-c2ccncc2)n1. The van der Waals surface area contributed by atoms with Crippen molar-refractivity contribution in [3.63, 3.8) is 0 Å². The highest BCUT2D eigenvalue weighted by Gasteiger charge is 2.06. The number of carbonyl (C=O) groups excluding carboxylic acids is 1. The van der Waals surface area contributed by atoms with Crippen LogP contribution >= 0.6 is 22.9 Å². The van der Waals surface area contributed by atoms with Crippen LogP contribution in [0.2, 0.25) is 5.02 Å². The molecule has 1 amide bonds. The molecule has 0 bridgehead atoms. The molecule has 3 rings (SSSR count). The van der Waals surface area contributed by atoms with E-state index in [1.54, 1.807) is 35.9 Å². The molecule has 2 heterocycles. The van der Waals surface area contributed by atoms with Crippen LogP contribution in [-0.2, 0) is 17.6 Å². The van der Waals surface area contributed by atoms with Crippen molar-refractivity contribution >= 4 is 28.8 Å². The zero-order valence-corrected chi connectivity index (χ0v) is 14.5. The normalized spacial score (nSPS) is 10.5. The largest absolute Gasteiger partial charge is 0.355 e. The quantitative estimate of drug-likeness (QED) is 0.730. The Morgan fingerprint density at radius 1 is 1.12 bits per heavy atom. The van der Waals surface area contributed by atoms with Gasteiger partial charge in [0.15, 0.2) is 0 Å². The fourth-order valence-corrected chi connectivity index (χ4v) is 3.22. The Labute approximate surface area is 149 Å². The number of nitrogens with one attached hydrogen (secondary N) is 1. The number of rotatable bonds is 6. The van der Waals surface area contributed by atoms with Gasteiger partial charge in [0.05, 0.1) is 12.1 Å². The molecule has 122 valence electrons. The van der Waals surface area contributed by atoms with Gasteiger partial charge in [0.1, 0.15) is 5.01 Å². The number of hydrogen-bond donors (Lipinski definition) is 1. The molecule has 0 radical (unpaired) electrons. The number of hydrogen-bond acceptors (Lipinski definition) is 4. The first kappa shape index (κ1) is 16.6. The van der Waals surface area contributed by atoms with Crippen LogP contribution < -0.4 is 5.32 Å². The molecule has 3 aromatic rings. The van der Waals surface area contributed by atoms with E-state index in [4.69, 9.17) is 11.6 Å². The molecule has 6 heteroatoms. The Bertz CT molecular complexity index is 803. The van der Waals surface area contributed by atoms with E-state index in [9.17, 15) is 4.79 Å². The Morgan fingerprint density at radius 2 is 1.88 bits per heavy atom. The Kier molecular flexibility index (Phi) is 5.56. The van der Waals surface area contributed by atoms with Gasteiger partial charge in [0.2, 0.25) is 5.91 Å². The minimum absolute atomic E-state index is 0.00177. The van der Waals surface area contributed by atoms with Crippen molar-refractivity contribution in [3.8, 4) is 10.6 Å². The lowest BCUT2D eigenvalue weighted by Crippen LogP contribution is -2.27. The highest BCUT2D eigenvalue weighted by atomic mass is 35.5. The molecular weight excluding hydrogens is 342 g/mol. The molecule has 0 atom stereocenters. The van der Waals surface area contributed by atoms with E-state index in [2.05, 4.69) is 15.3 Å². The Hall–Kier alpha value is -2.24. The van der Waals surface area contributed by atoms with Crippen molar-refractivity contribution in [1.29, 1.82) is 0 Å². The van der Waals surface area contributed by atoms with Crippen LogP contribution in [-0.4, -0.2) is 22.4 Å².